The van der Waals surface area contributed by atoms with Crippen molar-refractivity contribution >= 4 is 10.0 Å². The lowest BCUT2D eigenvalue weighted by atomic mass is 9.99. The molecule has 32 heavy (non-hydrogen) atoms. The minimum absolute atomic E-state index is 0.0127. The van der Waals surface area contributed by atoms with Gasteiger partial charge in [-0.3, -0.25) is 4.68 Å². The van der Waals surface area contributed by atoms with E-state index in [-0.39, 0.29) is 10.6 Å². The lowest BCUT2D eigenvalue weighted by molar-refractivity contribution is 0.386. The van der Waals surface area contributed by atoms with Crippen LogP contribution in [0.5, 0.6) is 5.75 Å². The first kappa shape index (κ1) is 21.7. The van der Waals surface area contributed by atoms with E-state index in [0.29, 0.717) is 23.4 Å². The molecule has 0 bridgehead atoms. The monoisotopic (exact) mass is 451 g/mol. The molecule has 4 rings (SSSR count). The zero-order chi connectivity index (χ0) is 22.9. The van der Waals surface area contributed by atoms with E-state index in [1.165, 1.54) is 25.3 Å². The van der Waals surface area contributed by atoms with E-state index >= 15 is 0 Å². The predicted molar refractivity (Wildman–Crippen MR) is 121 cm³/mol. The summed E-state index contributed by atoms with van der Waals surface area (Å²) in [7, 11) is -2.39. The summed E-state index contributed by atoms with van der Waals surface area (Å²) in [5.74, 6) is -0.321. The average molecular weight is 452 g/mol. The summed E-state index contributed by atoms with van der Waals surface area (Å²) in [6.07, 6.45) is 0. The van der Waals surface area contributed by atoms with Crippen molar-refractivity contribution in [3.8, 4) is 28.1 Å². The molecule has 0 aliphatic heterocycles. The predicted octanol–water partition coefficient (Wildman–Crippen LogP) is 4.37. The molecular weight excluding hydrogens is 429 g/mol. The van der Waals surface area contributed by atoms with Crippen molar-refractivity contribution in [1.82, 2.24) is 9.78 Å². The maximum Gasteiger partial charge on any atom is 0.238 e. The summed E-state index contributed by atoms with van der Waals surface area (Å²) < 4.78 is 44.7. The van der Waals surface area contributed by atoms with Gasteiger partial charge in [-0.2, -0.15) is 5.10 Å². The van der Waals surface area contributed by atoms with E-state index in [0.717, 1.165) is 16.8 Å². The maximum absolute atomic E-state index is 14.5. The van der Waals surface area contributed by atoms with E-state index in [1.807, 2.05) is 41.9 Å². The Morgan fingerprint density at radius 1 is 1.00 bits per heavy atom. The van der Waals surface area contributed by atoms with E-state index in [9.17, 15) is 12.8 Å². The number of primary sulfonamides is 1. The van der Waals surface area contributed by atoms with Crippen LogP contribution in [0.3, 0.4) is 0 Å². The van der Waals surface area contributed by atoms with Gasteiger partial charge < -0.3 is 4.74 Å². The summed E-state index contributed by atoms with van der Waals surface area (Å²) in [6.45, 7) is 2.46. The molecule has 1 aromatic heterocycles. The van der Waals surface area contributed by atoms with E-state index in [4.69, 9.17) is 15.0 Å². The van der Waals surface area contributed by atoms with Crippen molar-refractivity contribution in [2.75, 3.05) is 7.11 Å². The van der Waals surface area contributed by atoms with Crippen molar-refractivity contribution in [2.45, 2.75) is 18.4 Å². The highest BCUT2D eigenvalue weighted by Gasteiger charge is 2.20. The van der Waals surface area contributed by atoms with Crippen LogP contribution in [-0.2, 0) is 16.6 Å². The third kappa shape index (κ3) is 4.28. The Balaban J connectivity index is 1.87. The molecule has 0 aliphatic carbocycles. The number of sulfonamides is 1. The smallest absolute Gasteiger partial charge is 0.238 e. The standard InChI is InChI=1S/C24H22FN3O3S/c1-16-23(19-10-13-22(31-2)21(25)14-19)24(18-8-11-20(12-9-18)32(26,29)30)27-28(16)15-17-6-4-3-5-7-17/h3-14H,15H2,1-2H3,(H2,26,29,30). The zero-order valence-corrected chi connectivity index (χ0v) is 18.4. The second-order valence-electron chi connectivity index (χ2n) is 7.37. The average Bonchev–Trinajstić information content (AvgIpc) is 3.10. The maximum atomic E-state index is 14.5. The lowest BCUT2D eigenvalue weighted by Gasteiger charge is -2.08. The molecule has 0 amide bonds. The second-order valence-corrected chi connectivity index (χ2v) is 8.93. The van der Waals surface area contributed by atoms with Crippen molar-refractivity contribution in [3.05, 3.63) is 89.9 Å². The minimum Gasteiger partial charge on any atom is -0.494 e. The number of rotatable bonds is 6. The Labute approximate surface area is 186 Å². The van der Waals surface area contributed by atoms with Gasteiger partial charge >= 0.3 is 0 Å². The third-order valence-corrected chi connectivity index (χ3v) is 6.21. The fraction of sp³-hybridized carbons (Fsp3) is 0.125. The number of hydrogen-bond acceptors (Lipinski definition) is 4. The molecule has 0 spiro atoms. The Hall–Kier alpha value is -3.49. The molecular formula is C24H22FN3O3S. The van der Waals surface area contributed by atoms with Crippen LogP contribution in [-0.4, -0.2) is 25.3 Å². The molecule has 1 heterocycles. The van der Waals surface area contributed by atoms with E-state index < -0.39 is 15.8 Å². The van der Waals surface area contributed by atoms with Crippen LogP contribution < -0.4 is 9.88 Å². The number of halogens is 1. The molecule has 0 unspecified atom stereocenters. The first-order valence-corrected chi connectivity index (χ1v) is 11.4. The number of nitrogens with two attached hydrogens (primary N) is 1. The highest BCUT2D eigenvalue weighted by molar-refractivity contribution is 7.89. The summed E-state index contributed by atoms with van der Waals surface area (Å²) in [4.78, 5) is 0.0127. The third-order valence-electron chi connectivity index (χ3n) is 5.28. The summed E-state index contributed by atoms with van der Waals surface area (Å²) in [6, 6.07) is 20.8. The molecule has 0 saturated heterocycles. The van der Waals surface area contributed by atoms with Crippen LogP contribution in [0, 0.1) is 12.7 Å². The number of nitrogens with zero attached hydrogens (tertiary/aromatic N) is 2. The Kier molecular flexibility index (Phi) is 5.82. The molecule has 3 aromatic carbocycles. The van der Waals surface area contributed by atoms with Gasteiger partial charge in [-0.15, -0.1) is 0 Å². The van der Waals surface area contributed by atoms with E-state index in [2.05, 4.69) is 0 Å². The van der Waals surface area contributed by atoms with Gasteiger partial charge in [-0.25, -0.2) is 17.9 Å². The van der Waals surface area contributed by atoms with E-state index in [1.54, 1.807) is 24.3 Å². The van der Waals surface area contributed by atoms with Crippen LogP contribution in [0.15, 0.2) is 77.7 Å². The summed E-state index contributed by atoms with van der Waals surface area (Å²) in [5, 5.41) is 10.0. The van der Waals surface area contributed by atoms with Crippen molar-refractivity contribution in [1.29, 1.82) is 0 Å². The summed E-state index contributed by atoms with van der Waals surface area (Å²) >= 11 is 0. The topological polar surface area (TPSA) is 87.2 Å². The lowest BCUT2D eigenvalue weighted by Crippen LogP contribution is -2.11. The molecule has 164 valence electrons. The van der Waals surface area contributed by atoms with Gasteiger partial charge in [0.15, 0.2) is 11.6 Å². The molecule has 0 atom stereocenters. The van der Waals surface area contributed by atoms with Crippen molar-refractivity contribution < 1.29 is 17.5 Å². The largest absolute Gasteiger partial charge is 0.494 e. The Morgan fingerprint density at radius 2 is 1.66 bits per heavy atom. The van der Waals surface area contributed by atoms with Gasteiger partial charge in [-0.1, -0.05) is 48.5 Å². The number of methoxy groups -OCH3 is 1. The summed E-state index contributed by atoms with van der Waals surface area (Å²) in [5.41, 5.74) is 4.63. The normalized spacial score (nSPS) is 11.5. The van der Waals surface area contributed by atoms with Gasteiger partial charge in [0, 0.05) is 16.8 Å². The van der Waals surface area contributed by atoms with Crippen LogP contribution in [0.1, 0.15) is 11.3 Å². The minimum atomic E-state index is -3.81. The quantitative estimate of drug-likeness (QED) is 0.472. The molecule has 0 aliphatic rings. The fourth-order valence-corrected chi connectivity index (χ4v) is 4.14. The molecule has 4 aromatic rings. The first-order valence-electron chi connectivity index (χ1n) is 9.86. The number of ether oxygens (including phenoxy) is 1. The fourth-order valence-electron chi connectivity index (χ4n) is 3.63. The second kappa shape index (κ2) is 8.57. The molecule has 0 radical (unpaired) electrons. The van der Waals surface area contributed by atoms with Crippen molar-refractivity contribution in [2.24, 2.45) is 5.14 Å². The SMILES string of the molecule is COc1ccc(-c2c(-c3ccc(S(N)(=O)=O)cc3)nn(Cc3ccccc3)c2C)cc1F. The molecule has 0 saturated carbocycles. The van der Waals surface area contributed by atoms with Gasteiger partial charge in [0.1, 0.15) is 5.69 Å². The van der Waals surface area contributed by atoms with Crippen LogP contribution >= 0.6 is 0 Å². The number of benzene rings is 3. The molecule has 2 N–H and O–H groups in total. The first-order chi connectivity index (χ1) is 15.3. The Morgan fingerprint density at radius 3 is 2.25 bits per heavy atom. The van der Waals surface area contributed by atoms with Crippen LogP contribution in [0.2, 0.25) is 0 Å². The van der Waals surface area contributed by atoms with Crippen molar-refractivity contribution in [3.63, 3.8) is 0 Å². The highest BCUT2D eigenvalue weighted by atomic mass is 32.2. The zero-order valence-electron chi connectivity index (χ0n) is 17.6. The van der Waals surface area contributed by atoms with Crippen LogP contribution in [0.4, 0.5) is 4.39 Å². The molecule has 6 nitrogen and oxygen atoms in total. The Bertz CT molecular complexity index is 1370. The van der Waals surface area contributed by atoms with Gasteiger partial charge in [0.05, 0.1) is 18.6 Å². The molecule has 8 heteroatoms. The number of aromatic nitrogens is 2. The number of hydrogen-bond donors (Lipinski definition) is 1. The molecule has 0 fully saturated rings. The van der Waals surface area contributed by atoms with Gasteiger partial charge in [0.25, 0.3) is 0 Å². The van der Waals surface area contributed by atoms with Gasteiger partial charge in [0.2, 0.25) is 10.0 Å². The van der Waals surface area contributed by atoms with Gasteiger partial charge in [-0.05, 0) is 42.3 Å². The highest BCUT2D eigenvalue weighted by Crippen LogP contribution is 2.36. The van der Waals surface area contributed by atoms with Crippen LogP contribution in [0.25, 0.3) is 22.4 Å².